The highest BCUT2D eigenvalue weighted by molar-refractivity contribution is 7.89. The van der Waals surface area contributed by atoms with Gasteiger partial charge >= 0.3 is 6.18 Å². The lowest BCUT2D eigenvalue weighted by Gasteiger charge is -2.31. The minimum atomic E-state index is -4.27. The van der Waals surface area contributed by atoms with E-state index in [0.717, 1.165) is 4.31 Å². The van der Waals surface area contributed by atoms with Gasteiger partial charge in [-0.25, -0.2) is 8.42 Å². The average molecular weight is 312 g/mol. The van der Waals surface area contributed by atoms with Gasteiger partial charge in [0, 0.05) is 26.3 Å². The molecule has 1 aliphatic rings. The number of anilines is 1. The molecule has 0 aliphatic carbocycles. The number of hydrogen-bond acceptors (Lipinski definition) is 4. The van der Waals surface area contributed by atoms with Crippen LogP contribution in [0.15, 0.2) is 11.1 Å². The molecule has 20 heavy (non-hydrogen) atoms. The van der Waals surface area contributed by atoms with Gasteiger partial charge in [0.2, 0.25) is 10.0 Å². The van der Waals surface area contributed by atoms with Crippen molar-refractivity contribution >= 4 is 15.8 Å². The Labute approximate surface area is 114 Å². The Morgan fingerprint density at radius 2 is 1.90 bits per heavy atom. The Morgan fingerprint density at radius 1 is 1.35 bits per heavy atom. The molecule has 6 nitrogen and oxygen atoms in total. The van der Waals surface area contributed by atoms with Gasteiger partial charge in [-0.3, -0.25) is 4.68 Å². The molecule has 1 saturated heterocycles. The molecule has 1 fully saturated rings. The Kier molecular flexibility index (Phi) is 3.71. The summed E-state index contributed by atoms with van der Waals surface area (Å²) in [7, 11) is -2.36. The number of hydrogen-bond donors (Lipinski definition) is 1. The maximum atomic E-state index is 12.6. The first kappa shape index (κ1) is 15.1. The van der Waals surface area contributed by atoms with Crippen molar-refractivity contribution in [2.45, 2.75) is 23.9 Å². The first-order valence-corrected chi connectivity index (χ1v) is 7.42. The summed E-state index contributed by atoms with van der Waals surface area (Å²) in [5, 5.41) is 3.74. The van der Waals surface area contributed by atoms with Crippen LogP contribution in [0.5, 0.6) is 0 Å². The Hall–Kier alpha value is -1.29. The third kappa shape index (κ3) is 2.75. The van der Waals surface area contributed by atoms with Gasteiger partial charge < -0.3 is 5.73 Å². The molecule has 1 aliphatic heterocycles. The smallest absolute Gasteiger partial charge is 0.381 e. The fourth-order valence-corrected chi connectivity index (χ4v) is 3.81. The lowest BCUT2D eigenvalue weighted by molar-refractivity contribution is -0.182. The molecule has 114 valence electrons. The van der Waals surface area contributed by atoms with Gasteiger partial charge in [-0.15, -0.1) is 0 Å². The minimum Gasteiger partial charge on any atom is -0.381 e. The van der Waals surface area contributed by atoms with E-state index in [-0.39, 0.29) is 36.6 Å². The second kappa shape index (κ2) is 4.92. The highest BCUT2D eigenvalue weighted by atomic mass is 32.2. The molecule has 10 heteroatoms. The molecule has 0 atom stereocenters. The maximum Gasteiger partial charge on any atom is 0.391 e. The van der Waals surface area contributed by atoms with Crippen molar-refractivity contribution < 1.29 is 21.6 Å². The first-order chi connectivity index (χ1) is 9.12. The number of piperidine rings is 1. The van der Waals surface area contributed by atoms with Crippen LogP contribution in [0.3, 0.4) is 0 Å². The molecule has 0 saturated carbocycles. The van der Waals surface area contributed by atoms with Crippen LogP contribution in [0.2, 0.25) is 0 Å². The second-order valence-corrected chi connectivity index (χ2v) is 6.68. The molecule has 0 spiro atoms. The van der Waals surface area contributed by atoms with Gasteiger partial charge in [-0.2, -0.15) is 22.6 Å². The average Bonchev–Trinajstić information content (AvgIpc) is 2.68. The number of aryl methyl sites for hydroxylation is 1. The summed E-state index contributed by atoms with van der Waals surface area (Å²) in [4.78, 5) is -0.162. The molecule has 0 unspecified atom stereocenters. The van der Waals surface area contributed by atoms with E-state index in [1.807, 2.05) is 0 Å². The standard InChI is InChI=1S/C10H15F3N4O2S/c1-16-6-8(9(14)15-16)20(18,19)17-4-2-7(3-5-17)10(11,12)13/h6-7H,2-5H2,1H3,(H2,14,15). The lowest BCUT2D eigenvalue weighted by Crippen LogP contribution is -2.42. The number of rotatable bonds is 2. The molecule has 2 rings (SSSR count). The number of sulfonamides is 1. The molecular formula is C10H15F3N4O2S. The number of alkyl halides is 3. The molecule has 0 aromatic carbocycles. The number of nitrogen functional groups attached to an aromatic ring is 1. The van der Waals surface area contributed by atoms with Gasteiger partial charge in [0.25, 0.3) is 0 Å². The van der Waals surface area contributed by atoms with Gasteiger partial charge in [-0.05, 0) is 12.8 Å². The van der Waals surface area contributed by atoms with Crippen molar-refractivity contribution in [1.29, 1.82) is 0 Å². The SMILES string of the molecule is Cn1cc(S(=O)(=O)N2CCC(C(F)(F)F)CC2)c(N)n1. The highest BCUT2D eigenvalue weighted by Gasteiger charge is 2.43. The van der Waals surface area contributed by atoms with Crippen LogP contribution in [-0.2, 0) is 17.1 Å². The molecule has 2 N–H and O–H groups in total. The highest BCUT2D eigenvalue weighted by Crippen LogP contribution is 2.35. The predicted octanol–water partition coefficient (Wildman–Crippen LogP) is 0.965. The van der Waals surface area contributed by atoms with Gasteiger partial charge in [0.05, 0.1) is 5.92 Å². The van der Waals surface area contributed by atoms with Crippen LogP contribution in [0.1, 0.15) is 12.8 Å². The van der Waals surface area contributed by atoms with E-state index >= 15 is 0 Å². The Morgan fingerprint density at radius 3 is 2.30 bits per heavy atom. The van der Waals surface area contributed by atoms with Crippen LogP contribution in [0.25, 0.3) is 0 Å². The van der Waals surface area contributed by atoms with Gasteiger partial charge in [0.15, 0.2) is 5.82 Å². The zero-order chi connectivity index (χ0) is 15.1. The summed E-state index contributed by atoms with van der Waals surface area (Å²) >= 11 is 0. The van der Waals surface area contributed by atoms with E-state index < -0.39 is 22.1 Å². The van der Waals surface area contributed by atoms with Crippen molar-refractivity contribution in [3.05, 3.63) is 6.20 Å². The van der Waals surface area contributed by atoms with Crippen molar-refractivity contribution in [2.24, 2.45) is 13.0 Å². The monoisotopic (exact) mass is 312 g/mol. The molecule has 1 aromatic heterocycles. The zero-order valence-corrected chi connectivity index (χ0v) is 11.6. The largest absolute Gasteiger partial charge is 0.391 e. The van der Waals surface area contributed by atoms with E-state index in [4.69, 9.17) is 5.73 Å². The first-order valence-electron chi connectivity index (χ1n) is 5.98. The van der Waals surface area contributed by atoms with E-state index in [1.165, 1.54) is 17.9 Å². The number of nitrogens with zero attached hydrogens (tertiary/aromatic N) is 3. The molecule has 0 amide bonds. The minimum absolute atomic E-state index is 0.148. The third-order valence-corrected chi connectivity index (χ3v) is 5.27. The summed E-state index contributed by atoms with van der Waals surface area (Å²) in [6.07, 6.45) is -3.49. The van der Waals surface area contributed by atoms with E-state index in [1.54, 1.807) is 0 Å². The van der Waals surface area contributed by atoms with E-state index in [0.29, 0.717) is 0 Å². The lowest BCUT2D eigenvalue weighted by atomic mass is 9.98. The third-order valence-electron chi connectivity index (χ3n) is 3.36. The molecule has 2 heterocycles. The fraction of sp³-hybridized carbons (Fsp3) is 0.700. The van der Waals surface area contributed by atoms with Crippen molar-refractivity contribution in [2.75, 3.05) is 18.8 Å². The van der Waals surface area contributed by atoms with Crippen LogP contribution >= 0.6 is 0 Å². The fourth-order valence-electron chi connectivity index (χ4n) is 2.25. The zero-order valence-electron chi connectivity index (χ0n) is 10.8. The predicted molar refractivity (Wildman–Crippen MR) is 65.2 cm³/mol. The summed E-state index contributed by atoms with van der Waals surface area (Å²) in [5.74, 6) is -1.59. The Balaban J connectivity index is 2.16. The van der Waals surface area contributed by atoms with Crippen LogP contribution in [0, 0.1) is 5.92 Å². The van der Waals surface area contributed by atoms with E-state index in [2.05, 4.69) is 5.10 Å². The summed E-state index contributed by atoms with van der Waals surface area (Å²) in [6.45, 7) is -0.332. The van der Waals surface area contributed by atoms with Crippen molar-refractivity contribution in [3.63, 3.8) is 0 Å². The molecular weight excluding hydrogens is 297 g/mol. The van der Waals surface area contributed by atoms with E-state index in [9.17, 15) is 21.6 Å². The van der Waals surface area contributed by atoms with Gasteiger partial charge in [0.1, 0.15) is 4.90 Å². The maximum absolute atomic E-state index is 12.6. The van der Waals surface area contributed by atoms with Crippen LogP contribution < -0.4 is 5.73 Å². The second-order valence-electron chi connectivity index (χ2n) is 4.77. The summed E-state index contributed by atoms with van der Waals surface area (Å²) < 4.78 is 64.5. The summed E-state index contributed by atoms with van der Waals surface area (Å²) in [6, 6.07) is 0. The summed E-state index contributed by atoms with van der Waals surface area (Å²) in [5.41, 5.74) is 5.51. The number of nitrogens with two attached hydrogens (primary N) is 1. The quantitative estimate of drug-likeness (QED) is 0.882. The number of aromatic nitrogens is 2. The van der Waals surface area contributed by atoms with Crippen molar-refractivity contribution in [1.82, 2.24) is 14.1 Å². The molecule has 0 bridgehead atoms. The topological polar surface area (TPSA) is 81.2 Å². The molecule has 0 radical (unpaired) electrons. The Bertz CT molecular complexity index is 588. The number of halogens is 3. The van der Waals surface area contributed by atoms with Gasteiger partial charge in [-0.1, -0.05) is 0 Å². The molecule has 1 aromatic rings. The van der Waals surface area contributed by atoms with Crippen LogP contribution in [-0.4, -0.2) is 41.8 Å². The van der Waals surface area contributed by atoms with Crippen molar-refractivity contribution in [3.8, 4) is 0 Å². The normalized spacial score (nSPS) is 19.4. The van der Waals surface area contributed by atoms with Crippen LogP contribution in [0.4, 0.5) is 19.0 Å².